The standard InChI is InChI=1S/C24H25FN2O3/c1-14-4-5-15-12-18(25)8-9-20(15)27(14)24(29)22-17-7-6-16(11-17)21(22)23(28)26-13-19-3-2-10-30-19/h2-3,6-10,12,14,16-17,21-22H,4-5,11,13H2,1H3,(H,26,28). The van der Waals surface area contributed by atoms with Crippen LogP contribution < -0.4 is 10.2 Å². The van der Waals surface area contributed by atoms with Gasteiger partial charge in [-0.2, -0.15) is 0 Å². The second-order valence-electron chi connectivity index (χ2n) is 8.67. The van der Waals surface area contributed by atoms with Crippen LogP contribution in [0, 0.1) is 29.5 Å². The number of rotatable bonds is 4. The highest BCUT2D eigenvalue weighted by atomic mass is 19.1. The third-order valence-electron chi connectivity index (χ3n) is 6.87. The molecule has 1 saturated carbocycles. The van der Waals surface area contributed by atoms with Crippen molar-refractivity contribution in [3.8, 4) is 0 Å². The summed E-state index contributed by atoms with van der Waals surface area (Å²) >= 11 is 0. The highest BCUT2D eigenvalue weighted by Gasteiger charge is 2.53. The highest BCUT2D eigenvalue weighted by Crippen LogP contribution is 2.50. The number of anilines is 1. The van der Waals surface area contributed by atoms with Crippen LogP contribution in [0.5, 0.6) is 0 Å². The van der Waals surface area contributed by atoms with E-state index < -0.39 is 5.92 Å². The van der Waals surface area contributed by atoms with E-state index in [9.17, 15) is 14.0 Å². The first-order chi connectivity index (χ1) is 14.5. The molecule has 30 heavy (non-hydrogen) atoms. The van der Waals surface area contributed by atoms with Crippen molar-refractivity contribution in [1.82, 2.24) is 5.32 Å². The number of amides is 2. The normalized spacial score (nSPS) is 29.1. The fourth-order valence-corrected chi connectivity index (χ4v) is 5.44. The van der Waals surface area contributed by atoms with E-state index in [4.69, 9.17) is 4.42 Å². The summed E-state index contributed by atoms with van der Waals surface area (Å²) in [6.45, 7) is 2.34. The van der Waals surface area contributed by atoms with Crippen molar-refractivity contribution >= 4 is 17.5 Å². The summed E-state index contributed by atoms with van der Waals surface area (Å²) in [6.07, 6.45) is 8.11. The zero-order valence-electron chi connectivity index (χ0n) is 16.9. The number of nitrogens with one attached hydrogen (secondary N) is 1. The Balaban J connectivity index is 1.41. The Morgan fingerprint density at radius 3 is 2.77 bits per heavy atom. The molecule has 2 bridgehead atoms. The molecule has 2 aromatic rings. The van der Waals surface area contributed by atoms with Crippen molar-refractivity contribution in [3.05, 3.63) is 65.9 Å². The maximum atomic E-state index is 13.8. The Kier molecular flexibility index (Phi) is 4.72. The SMILES string of the molecule is CC1CCc2cc(F)ccc2N1C(=O)C1C2C=CC(C2)C1C(=O)NCc1ccco1. The second kappa shape index (κ2) is 7.42. The molecular weight excluding hydrogens is 383 g/mol. The topological polar surface area (TPSA) is 62.6 Å². The molecule has 5 rings (SSSR count). The van der Waals surface area contributed by atoms with Gasteiger partial charge in [-0.3, -0.25) is 9.59 Å². The van der Waals surface area contributed by atoms with E-state index >= 15 is 0 Å². The predicted molar refractivity (Wildman–Crippen MR) is 110 cm³/mol. The number of hydrogen-bond donors (Lipinski definition) is 1. The number of furan rings is 1. The third kappa shape index (κ3) is 3.15. The molecule has 3 aliphatic rings. The molecular formula is C24H25FN2O3. The summed E-state index contributed by atoms with van der Waals surface area (Å²) in [5, 5.41) is 2.95. The van der Waals surface area contributed by atoms with Crippen LogP contribution in [-0.2, 0) is 22.6 Å². The van der Waals surface area contributed by atoms with Crippen molar-refractivity contribution in [2.24, 2.45) is 23.7 Å². The molecule has 156 valence electrons. The molecule has 0 saturated heterocycles. The molecule has 6 heteroatoms. The van der Waals surface area contributed by atoms with Gasteiger partial charge in [0.25, 0.3) is 0 Å². The molecule has 1 fully saturated rings. The number of benzene rings is 1. The Bertz CT molecular complexity index is 1000. The molecule has 1 aliphatic heterocycles. The largest absolute Gasteiger partial charge is 0.467 e. The van der Waals surface area contributed by atoms with Crippen molar-refractivity contribution in [1.29, 1.82) is 0 Å². The van der Waals surface area contributed by atoms with Gasteiger partial charge in [-0.05, 0) is 73.9 Å². The maximum absolute atomic E-state index is 13.8. The van der Waals surface area contributed by atoms with Crippen LogP contribution >= 0.6 is 0 Å². The summed E-state index contributed by atoms with van der Waals surface area (Å²) in [4.78, 5) is 28.7. The van der Waals surface area contributed by atoms with Crippen molar-refractivity contribution in [2.45, 2.75) is 38.8 Å². The molecule has 2 heterocycles. The van der Waals surface area contributed by atoms with E-state index in [1.165, 1.54) is 12.1 Å². The molecule has 0 spiro atoms. The van der Waals surface area contributed by atoms with Crippen LogP contribution in [0.3, 0.4) is 0 Å². The van der Waals surface area contributed by atoms with Gasteiger partial charge in [-0.1, -0.05) is 12.2 Å². The number of carbonyl (C=O) groups excluding carboxylic acids is 2. The minimum absolute atomic E-state index is 0.0189. The van der Waals surface area contributed by atoms with E-state index in [2.05, 4.69) is 17.5 Å². The molecule has 5 atom stereocenters. The molecule has 1 N–H and O–H groups in total. The number of carbonyl (C=O) groups is 2. The molecule has 5 unspecified atom stereocenters. The van der Waals surface area contributed by atoms with Crippen LogP contribution in [0.15, 0.2) is 53.2 Å². The average Bonchev–Trinajstić information content (AvgIpc) is 3.49. The van der Waals surface area contributed by atoms with Gasteiger partial charge in [0, 0.05) is 11.7 Å². The summed E-state index contributed by atoms with van der Waals surface area (Å²) in [5.74, 6) is -0.362. The lowest BCUT2D eigenvalue weighted by Gasteiger charge is -2.39. The Morgan fingerprint density at radius 2 is 2.00 bits per heavy atom. The first-order valence-corrected chi connectivity index (χ1v) is 10.6. The molecule has 1 aromatic heterocycles. The first kappa shape index (κ1) is 19.1. The van der Waals surface area contributed by atoms with E-state index in [1.54, 1.807) is 18.4 Å². The summed E-state index contributed by atoms with van der Waals surface area (Å²) < 4.78 is 19.0. The van der Waals surface area contributed by atoms with E-state index in [0.29, 0.717) is 12.3 Å². The number of fused-ring (bicyclic) bond motifs is 3. The number of halogens is 1. The second-order valence-corrected chi connectivity index (χ2v) is 8.67. The Labute approximate surface area is 174 Å². The van der Waals surface area contributed by atoms with Gasteiger partial charge >= 0.3 is 0 Å². The molecule has 2 amide bonds. The third-order valence-corrected chi connectivity index (χ3v) is 6.87. The number of aryl methyl sites for hydroxylation is 1. The van der Waals surface area contributed by atoms with E-state index in [-0.39, 0.29) is 41.4 Å². The van der Waals surface area contributed by atoms with Crippen molar-refractivity contribution in [2.75, 3.05) is 4.90 Å². The average molecular weight is 408 g/mol. The van der Waals surface area contributed by atoms with Gasteiger partial charge in [0.1, 0.15) is 11.6 Å². The molecule has 2 aliphatic carbocycles. The molecule has 1 aromatic carbocycles. The summed E-state index contributed by atoms with van der Waals surface area (Å²) in [5.41, 5.74) is 1.64. The molecule has 5 nitrogen and oxygen atoms in total. The monoisotopic (exact) mass is 408 g/mol. The highest BCUT2D eigenvalue weighted by molar-refractivity contribution is 6.00. The van der Waals surface area contributed by atoms with Crippen LogP contribution in [0.25, 0.3) is 0 Å². The number of allylic oxidation sites excluding steroid dienone is 2. The lowest BCUT2D eigenvalue weighted by molar-refractivity contribution is -0.134. The predicted octanol–water partition coefficient (Wildman–Crippen LogP) is 3.84. The van der Waals surface area contributed by atoms with E-state index in [0.717, 1.165) is 30.5 Å². The summed E-state index contributed by atoms with van der Waals surface area (Å²) in [6, 6.07) is 8.25. The smallest absolute Gasteiger partial charge is 0.231 e. The van der Waals surface area contributed by atoms with Crippen LogP contribution in [0.4, 0.5) is 10.1 Å². The van der Waals surface area contributed by atoms with E-state index in [1.807, 2.05) is 17.9 Å². The first-order valence-electron chi connectivity index (χ1n) is 10.6. The van der Waals surface area contributed by atoms with Gasteiger partial charge in [0.05, 0.1) is 24.6 Å². The number of hydrogen-bond acceptors (Lipinski definition) is 3. The van der Waals surface area contributed by atoms with Crippen molar-refractivity contribution in [3.63, 3.8) is 0 Å². The lowest BCUT2D eigenvalue weighted by Crippen LogP contribution is -2.50. The van der Waals surface area contributed by atoms with Crippen molar-refractivity contribution < 1.29 is 18.4 Å². The van der Waals surface area contributed by atoms with Gasteiger partial charge in [-0.25, -0.2) is 4.39 Å². The van der Waals surface area contributed by atoms with Gasteiger partial charge in [0.2, 0.25) is 11.8 Å². The fraction of sp³-hybridized carbons (Fsp3) is 0.417. The minimum atomic E-state index is -0.393. The number of nitrogens with zero attached hydrogens (tertiary/aromatic N) is 1. The summed E-state index contributed by atoms with van der Waals surface area (Å²) in [7, 11) is 0. The van der Waals surface area contributed by atoms with Crippen LogP contribution in [-0.4, -0.2) is 17.9 Å². The lowest BCUT2D eigenvalue weighted by atomic mass is 9.80. The fourth-order valence-electron chi connectivity index (χ4n) is 5.44. The van der Waals surface area contributed by atoms with Gasteiger partial charge in [-0.15, -0.1) is 0 Å². The van der Waals surface area contributed by atoms with Gasteiger partial charge in [0.15, 0.2) is 0 Å². The maximum Gasteiger partial charge on any atom is 0.231 e. The quantitative estimate of drug-likeness (QED) is 0.782. The Morgan fingerprint density at radius 1 is 1.20 bits per heavy atom. The van der Waals surface area contributed by atoms with Crippen LogP contribution in [0.1, 0.15) is 31.1 Å². The minimum Gasteiger partial charge on any atom is -0.467 e. The Hall–Kier alpha value is -2.89. The van der Waals surface area contributed by atoms with Gasteiger partial charge < -0.3 is 14.6 Å². The zero-order chi connectivity index (χ0) is 20.8. The van der Waals surface area contributed by atoms with Crippen LogP contribution in [0.2, 0.25) is 0 Å². The zero-order valence-corrected chi connectivity index (χ0v) is 16.9. The molecule has 0 radical (unpaired) electrons.